The molecule has 0 spiro atoms. The summed E-state index contributed by atoms with van der Waals surface area (Å²) in [6.45, 7) is 5.61. The average molecular weight is 444 g/mol. The van der Waals surface area contributed by atoms with Crippen LogP contribution in [0.1, 0.15) is 46.2 Å². The Morgan fingerprint density at radius 3 is 2.33 bits per heavy atom. The summed E-state index contributed by atoms with van der Waals surface area (Å²) in [6.07, 6.45) is 1.45. The molecule has 3 aromatic rings. The molecule has 0 atom stereocenters. The molecule has 0 saturated carbocycles. The number of nitrogens with zero attached hydrogens (tertiary/aromatic N) is 2. The van der Waals surface area contributed by atoms with Gasteiger partial charge in [0.1, 0.15) is 5.75 Å². The van der Waals surface area contributed by atoms with Crippen LogP contribution in [0, 0.1) is 6.92 Å². The van der Waals surface area contributed by atoms with Gasteiger partial charge in [0.15, 0.2) is 0 Å². The molecule has 6 nitrogen and oxygen atoms in total. The van der Waals surface area contributed by atoms with Crippen molar-refractivity contribution in [3.05, 3.63) is 83.6 Å². The lowest BCUT2D eigenvalue weighted by atomic mass is 10.0. The first-order chi connectivity index (χ1) is 16.0. The van der Waals surface area contributed by atoms with Crippen LogP contribution >= 0.6 is 0 Å². The summed E-state index contributed by atoms with van der Waals surface area (Å²) < 4.78 is 5.44. The molecule has 4 rings (SSSR count). The molecule has 0 bridgehead atoms. The van der Waals surface area contributed by atoms with Gasteiger partial charge in [0.25, 0.3) is 11.8 Å². The van der Waals surface area contributed by atoms with E-state index < -0.39 is 0 Å². The molecule has 2 heterocycles. The van der Waals surface area contributed by atoms with E-state index in [4.69, 9.17) is 4.74 Å². The van der Waals surface area contributed by atoms with Crippen LogP contribution in [0.25, 0.3) is 11.3 Å². The van der Waals surface area contributed by atoms with Gasteiger partial charge >= 0.3 is 0 Å². The van der Waals surface area contributed by atoms with Gasteiger partial charge in [-0.1, -0.05) is 30.3 Å². The van der Waals surface area contributed by atoms with E-state index in [2.05, 4.69) is 10.3 Å². The minimum absolute atomic E-state index is 0.0133. The number of pyridine rings is 1. The van der Waals surface area contributed by atoms with Crippen LogP contribution in [0.2, 0.25) is 0 Å². The maximum absolute atomic E-state index is 12.9. The number of benzene rings is 2. The predicted molar refractivity (Wildman–Crippen MR) is 128 cm³/mol. The summed E-state index contributed by atoms with van der Waals surface area (Å²) in [4.78, 5) is 32.1. The molecule has 170 valence electrons. The number of piperidine rings is 1. The summed E-state index contributed by atoms with van der Waals surface area (Å²) >= 11 is 0. The third-order valence-corrected chi connectivity index (χ3v) is 5.93. The molecule has 1 N–H and O–H groups in total. The van der Waals surface area contributed by atoms with E-state index in [1.54, 1.807) is 12.1 Å². The Morgan fingerprint density at radius 1 is 1.00 bits per heavy atom. The van der Waals surface area contributed by atoms with Crippen molar-refractivity contribution in [3.63, 3.8) is 0 Å². The number of carbonyl (C=O) groups is 2. The minimum atomic E-state index is -0.115. The molecule has 1 saturated heterocycles. The number of carbonyl (C=O) groups excluding carboxylic acids is 2. The second-order valence-electron chi connectivity index (χ2n) is 8.19. The molecule has 2 aromatic carbocycles. The molecule has 2 amide bonds. The molecule has 1 fully saturated rings. The number of amides is 2. The lowest BCUT2D eigenvalue weighted by molar-refractivity contribution is 0.0698. The van der Waals surface area contributed by atoms with Crippen molar-refractivity contribution >= 4 is 11.8 Å². The number of rotatable bonds is 6. The van der Waals surface area contributed by atoms with E-state index in [-0.39, 0.29) is 17.9 Å². The smallest absolute Gasteiger partial charge is 0.253 e. The standard InChI is InChI=1S/C27H29N3O3/c1-3-33-23-11-9-21(10-12-23)27(32)30-17-15-22(16-18-30)29-26(31)24-13-14-25(28-19(24)2)20-7-5-4-6-8-20/h4-14,22H,3,15-18H2,1-2H3,(H,29,31). The van der Waals surface area contributed by atoms with E-state index in [1.165, 1.54) is 0 Å². The molecule has 33 heavy (non-hydrogen) atoms. The Balaban J connectivity index is 1.32. The van der Waals surface area contributed by atoms with Gasteiger partial charge in [-0.3, -0.25) is 14.6 Å². The van der Waals surface area contributed by atoms with Gasteiger partial charge in [-0.2, -0.15) is 0 Å². The zero-order chi connectivity index (χ0) is 23.2. The molecule has 0 aliphatic carbocycles. The molecule has 1 aliphatic rings. The first kappa shape index (κ1) is 22.5. The van der Waals surface area contributed by atoms with Crippen LogP contribution in [-0.2, 0) is 0 Å². The van der Waals surface area contributed by atoms with Crippen LogP contribution < -0.4 is 10.1 Å². The van der Waals surface area contributed by atoms with E-state index in [1.807, 2.05) is 73.3 Å². The van der Waals surface area contributed by atoms with Gasteiger partial charge < -0.3 is 15.0 Å². The Hall–Kier alpha value is -3.67. The fourth-order valence-corrected chi connectivity index (χ4v) is 4.10. The van der Waals surface area contributed by atoms with Crippen LogP contribution in [0.3, 0.4) is 0 Å². The van der Waals surface area contributed by atoms with Crippen molar-refractivity contribution in [2.24, 2.45) is 0 Å². The number of aromatic nitrogens is 1. The van der Waals surface area contributed by atoms with Crippen molar-refractivity contribution in [2.45, 2.75) is 32.7 Å². The Kier molecular flexibility index (Phi) is 7.03. The SMILES string of the molecule is CCOc1ccc(C(=O)N2CCC(NC(=O)c3ccc(-c4ccccc4)nc3C)CC2)cc1. The molecule has 0 radical (unpaired) electrons. The number of ether oxygens (including phenoxy) is 1. The second-order valence-corrected chi connectivity index (χ2v) is 8.19. The van der Waals surface area contributed by atoms with Crippen LogP contribution in [0.15, 0.2) is 66.7 Å². The number of hydrogen-bond donors (Lipinski definition) is 1. The summed E-state index contributed by atoms with van der Waals surface area (Å²) in [6, 6.07) is 20.9. The summed E-state index contributed by atoms with van der Waals surface area (Å²) in [5.74, 6) is 0.660. The largest absolute Gasteiger partial charge is 0.494 e. The van der Waals surface area contributed by atoms with Gasteiger partial charge in [-0.05, 0) is 63.1 Å². The fourth-order valence-electron chi connectivity index (χ4n) is 4.10. The Labute approximate surface area is 194 Å². The van der Waals surface area contributed by atoms with Crippen molar-refractivity contribution in [1.29, 1.82) is 0 Å². The lowest BCUT2D eigenvalue weighted by Crippen LogP contribution is -2.46. The second kappa shape index (κ2) is 10.3. The molecule has 1 aromatic heterocycles. The highest BCUT2D eigenvalue weighted by Gasteiger charge is 2.25. The van der Waals surface area contributed by atoms with Crippen LogP contribution in [-0.4, -0.2) is 47.4 Å². The zero-order valence-corrected chi connectivity index (χ0v) is 19.1. The maximum atomic E-state index is 12.9. The molecule has 6 heteroatoms. The van der Waals surface area contributed by atoms with Gasteiger partial charge in [-0.15, -0.1) is 0 Å². The predicted octanol–water partition coefficient (Wildman–Crippen LogP) is 4.49. The average Bonchev–Trinajstić information content (AvgIpc) is 2.85. The molecular weight excluding hydrogens is 414 g/mol. The zero-order valence-electron chi connectivity index (χ0n) is 19.1. The first-order valence-corrected chi connectivity index (χ1v) is 11.4. The van der Waals surface area contributed by atoms with Gasteiger partial charge in [0.2, 0.25) is 0 Å². The molecule has 1 aliphatic heterocycles. The topological polar surface area (TPSA) is 71.5 Å². The lowest BCUT2D eigenvalue weighted by Gasteiger charge is -2.32. The third-order valence-electron chi connectivity index (χ3n) is 5.93. The van der Waals surface area contributed by atoms with E-state index >= 15 is 0 Å². The minimum Gasteiger partial charge on any atom is -0.494 e. The first-order valence-electron chi connectivity index (χ1n) is 11.4. The van der Waals surface area contributed by atoms with Crippen molar-refractivity contribution in [1.82, 2.24) is 15.2 Å². The number of likely N-dealkylation sites (tertiary alicyclic amines) is 1. The maximum Gasteiger partial charge on any atom is 0.253 e. The van der Waals surface area contributed by atoms with Gasteiger partial charge in [0.05, 0.1) is 23.6 Å². The van der Waals surface area contributed by atoms with Gasteiger partial charge in [0, 0.05) is 30.3 Å². The summed E-state index contributed by atoms with van der Waals surface area (Å²) in [5, 5.41) is 3.12. The number of nitrogens with one attached hydrogen (secondary N) is 1. The van der Waals surface area contributed by atoms with E-state index in [0.717, 1.165) is 29.8 Å². The highest BCUT2D eigenvalue weighted by atomic mass is 16.5. The highest BCUT2D eigenvalue weighted by Crippen LogP contribution is 2.20. The Morgan fingerprint density at radius 2 is 1.70 bits per heavy atom. The highest BCUT2D eigenvalue weighted by molar-refractivity contribution is 5.96. The third kappa shape index (κ3) is 5.40. The van der Waals surface area contributed by atoms with Crippen molar-refractivity contribution in [3.8, 4) is 17.0 Å². The summed E-state index contributed by atoms with van der Waals surface area (Å²) in [7, 11) is 0. The Bertz CT molecular complexity index is 1110. The molecule has 0 unspecified atom stereocenters. The van der Waals surface area contributed by atoms with E-state index in [9.17, 15) is 9.59 Å². The quantitative estimate of drug-likeness (QED) is 0.609. The van der Waals surface area contributed by atoms with Crippen LogP contribution in [0.5, 0.6) is 5.75 Å². The van der Waals surface area contributed by atoms with Crippen molar-refractivity contribution in [2.75, 3.05) is 19.7 Å². The van der Waals surface area contributed by atoms with Crippen molar-refractivity contribution < 1.29 is 14.3 Å². The summed E-state index contributed by atoms with van der Waals surface area (Å²) in [5.41, 5.74) is 3.82. The number of aryl methyl sites for hydroxylation is 1. The monoisotopic (exact) mass is 443 g/mol. The molecular formula is C27H29N3O3. The van der Waals surface area contributed by atoms with E-state index in [0.29, 0.717) is 36.5 Å². The van der Waals surface area contributed by atoms with Gasteiger partial charge in [-0.25, -0.2) is 0 Å². The normalized spacial score (nSPS) is 14.1. The number of hydrogen-bond acceptors (Lipinski definition) is 4. The fraction of sp³-hybridized carbons (Fsp3) is 0.296. The van der Waals surface area contributed by atoms with Crippen LogP contribution in [0.4, 0.5) is 0 Å².